The molecule has 2 aromatic carbocycles. The van der Waals surface area contributed by atoms with E-state index in [-0.39, 0.29) is 47.7 Å². The first-order valence-corrected chi connectivity index (χ1v) is 18.4. The highest BCUT2D eigenvalue weighted by Crippen LogP contribution is 2.47. The Bertz CT molecular complexity index is 1430. The summed E-state index contributed by atoms with van der Waals surface area (Å²) in [6.07, 6.45) is 1.33. The molecule has 0 radical (unpaired) electrons. The monoisotopic (exact) mass is 790 g/mol. The van der Waals surface area contributed by atoms with Crippen molar-refractivity contribution in [2.75, 3.05) is 26.2 Å². The fourth-order valence-corrected chi connectivity index (χ4v) is 6.44. The molecule has 1 aliphatic carbocycles. The van der Waals surface area contributed by atoms with E-state index in [9.17, 15) is 14.4 Å². The van der Waals surface area contributed by atoms with Crippen molar-refractivity contribution in [3.8, 4) is 0 Å². The van der Waals surface area contributed by atoms with Crippen molar-refractivity contribution in [1.29, 1.82) is 0 Å². The highest BCUT2D eigenvalue weighted by Gasteiger charge is 2.50. The fraction of sp³-hybridized carbons (Fsp3) is 0.595. The van der Waals surface area contributed by atoms with Crippen LogP contribution in [0.1, 0.15) is 98.4 Å². The molecular weight excluding hydrogens is 740 g/mol. The third kappa shape index (κ3) is 10.2. The molecule has 1 N–H and O–H groups in total. The van der Waals surface area contributed by atoms with Crippen LogP contribution in [0.15, 0.2) is 57.5 Å². The molecule has 11 heteroatoms. The van der Waals surface area contributed by atoms with Crippen LogP contribution >= 0.6 is 31.9 Å². The van der Waals surface area contributed by atoms with Crippen molar-refractivity contribution in [2.24, 2.45) is 5.41 Å². The van der Waals surface area contributed by atoms with Crippen LogP contribution in [0.3, 0.4) is 0 Å². The fourth-order valence-electron chi connectivity index (χ4n) is 5.91. The maximum absolute atomic E-state index is 13.0. The molecule has 0 spiro atoms. The molecule has 2 heterocycles. The Morgan fingerprint density at radius 1 is 0.708 bits per heavy atom. The van der Waals surface area contributed by atoms with Crippen LogP contribution in [0, 0.1) is 5.41 Å². The summed E-state index contributed by atoms with van der Waals surface area (Å²) in [7, 11) is 0. The highest BCUT2D eigenvalue weighted by atomic mass is 79.9. The van der Waals surface area contributed by atoms with Crippen LogP contribution in [0.2, 0.25) is 0 Å². The smallest absolute Gasteiger partial charge is 0.410 e. The molecule has 3 amide bonds. The standard InChI is InChI=1S/C21H29BrN2O3.C16H23BrN2O2/c1-14-12-24(19(26)27-20(2,3)4)17(15-6-8-16(22)9-7-15)13-23(14)18(25)21(5)10-11-21;1-11-10-19(15(20)21-16(2,3)4)14(9-18-11)12-5-7-13(17)8-6-12/h6-9,14,17H,10-13H2,1-5H3;5-8,11,14,18H,9-10H2,1-4H3/t14-,17-;11-,14-/m11/s1. The summed E-state index contributed by atoms with van der Waals surface area (Å²) < 4.78 is 13.2. The first-order chi connectivity index (χ1) is 22.3. The molecule has 5 rings (SSSR count). The van der Waals surface area contributed by atoms with Crippen molar-refractivity contribution < 1.29 is 23.9 Å². The summed E-state index contributed by atoms with van der Waals surface area (Å²) in [6, 6.07) is 16.1. The number of ether oxygens (including phenoxy) is 2. The maximum atomic E-state index is 13.0. The summed E-state index contributed by atoms with van der Waals surface area (Å²) in [5.41, 5.74) is 0.874. The van der Waals surface area contributed by atoms with E-state index < -0.39 is 11.2 Å². The van der Waals surface area contributed by atoms with E-state index in [2.05, 4.69) is 44.1 Å². The minimum atomic E-state index is -0.557. The lowest BCUT2D eigenvalue weighted by atomic mass is 9.97. The number of amides is 3. The summed E-state index contributed by atoms with van der Waals surface area (Å²) >= 11 is 6.90. The zero-order valence-electron chi connectivity index (χ0n) is 29.8. The Balaban J connectivity index is 0.000000224. The van der Waals surface area contributed by atoms with Crippen molar-refractivity contribution in [2.45, 2.75) is 111 Å². The third-order valence-electron chi connectivity index (χ3n) is 8.79. The number of hydrogen-bond donors (Lipinski definition) is 1. The van der Waals surface area contributed by atoms with Gasteiger partial charge in [0.2, 0.25) is 5.91 Å². The number of benzene rings is 2. The number of hydrogen-bond acceptors (Lipinski definition) is 6. The second-order valence-corrected chi connectivity index (χ2v) is 17.4. The zero-order valence-corrected chi connectivity index (χ0v) is 33.0. The van der Waals surface area contributed by atoms with Crippen LogP contribution in [0.25, 0.3) is 0 Å². The molecular formula is C37H52Br2N4O5. The Morgan fingerprint density at radius 3 is 1.58 bits per heavy atom. The van der Waals surface area contributed by atoms with E-state index in [1.54, 1.807) is 4.90 Å². The first kappa shape index (κ1) is 38.2. The van der Waals surface area contributed by atoms with Gasteiger partial charge in [0, 0.05) is 52.6 Å². The molecule has 2 saturated heterocycles. The van der Waals surface area contributed by atoms with Crippen LogP contribution in [-0.4, -0.2) is 82.3 Å². The van der Waals surface area contributed by atoms with Gasteiger partial charge in [0.05, 0.1) is 12.1 Å². The molecule has 3 aliphatic rings. The quantitative estimate of drug-likeness (QED) is 0.336. The molecule has 4 atom stereocenters. The van der Waals surface area contributed by atoms with Gasteiger partial charge in [-0.2, -0.15) is 0 Å². The van der Waals surface area contributed by atoms with Crippen molar-refractivity contribution in [3.63, 3.8) is 0 Å². The lowest BCUT2D eigenvalue weighted by Gasteiger charge is -2.46. The molecule has 2 aromatic rings. The Hall–Kier alpha value is -2.63. The Kier molecular flexibility index (Phi) is 12.0. The topological polar surface area (TPSA) is 91.4 Å². The van der Waals surface area contributed by atoms with Gasteiger partial charge in [-0.05, 0) is 104 Å². The van der Waals surface area contributed by atoms with Crippen LogP contribution in [0.5, 0.6) is 0 Å². The normalized spacial score (nSPS) is 23.9. The molecule has 0 unspecified atom stereocenters. The minimum absolute atomic E-state index is 0.00384. The van der Waals surface area contributed by atoms with E-state index >= 15 is 0 Å². The van der Waals surface area contributed by atoms with Gasteiger partial charge in [-0.15, -0.1) is 0 Å². The number of piperazine rings is 2. The van der Waals surface area contributed by atoms with Gasteiger partial charge >= 0.3 is 12.2 Å². The van der Waals surface area contributed by atoms with E-state index in [0.717, 1.165) is 39.5 Å². The molecule has 0 aromatic heterocycles. The number of halogens is 2. The van der Waals surface area contributed by atoms with E-state index in [4.69, 9.17) is 9.47 Å². The summed E-state index contributed by atoms with van der Waals surface area (Å²) in [5.74, 6) is 0.209. The first-order valence-electron chi connectivity index (χ1n) is 16.8. The highest BCUT2D eigenvalue weighted by molar-refractivity contribution is 9.10. The number of carbonyl (C=O) groups is 3. The number of nitrogens with one attached hydrogen (secondary N) is 1. The summed E-state index contributed by atoms with van der Waals surface area (Å²) in [5, 5.41) is 3.43. The molecule has 0 bridgehead atoms. The lowest BCUT2D eigenvalue weighted by Crippen LogP contribution is -2.58. The van der Waals surface area contributed by atoms with Gasteiger partial charge in [-0.1, -0.05) is 63.0 Å². The SMILES string of the molecule is C[C@@H]1CN(C(=O)OC(C)(C)C)[C@@H](c2ccc(Br)cc2)CN1.C[C@@H]1CN(C(=O)OC(C)(C)C)[C@@H](c2ccc(Br)cc2)CN1C(=O)C1(C)CC1. The third-order valence-corrected chi connectivity index (χ3v) is 9.85. The van der Waals surface area contributed by atoms with Crippen LogP contribution < -0.4 is 5.32 Å². The number of rotatable bonds is 3. The van der Waals surface area contributed by atoms with Crippen molar-refractivity contribution in [1.82, 2.24) is 20.0 Å². The number of carbonyl (C=O) groups excluding carboxylic acids is 3. The second kappa shape index (κ2) is 15.1. The average molecular weight is 793 g/mol. The van der Waals surface area contributed by atoms with E-state index in [1.165, 1.54) is 0 Å². The number of nitrogens with zero attached hydrogens (tertiary/aromatic N) is 3. The molecule has 1 saturated carbocycles. The predicted octanol–water partition coefficient (Wildman–Crippen LogP) is 8.48. The molecule has 264 valence electrons. The molecule has 2 aliphatic heterocycles. The zero-order chi connectivity index (χ0) is 35.6. The van der Waals surface area contributed by atoms with Crippen molar-refractivity contribution in [3.05, 3.63) is 68.6 Å². The van der Waals surface area contributed by atoms with E-state index in [1.807, 2.05) is 114 Å². The van der Waals surface area contributed by atoms with Gasteiger partial charge in [-0.25, -0.2) is 9.59 Å². The maximum Gasteiger partial charge on any atom is 0.410 e. The van der Waals surface area contributed by atoms with Gasteiger partial charge in [0.15, 0.2) is 0 Å². The van der Waals surface area contributed by atoms with Crippen LogP contribution in [-0.2, 0) is 14.3 Å². The van der Waals surface area contributed by atoms with Crippen molar-refractivity contribution >= 4 is 50.0 Å². The largest absolute Gasteiger partial charge is 0.444 e. The minimum Gasteiger partial charge on any atom is -0.444 e. The average Bonchev–Trinajstić information content (AvgIpc) is 3.74. The summed E-state index contributed by atoms with van der Waals surface area (Å²) in [6.45, 7) is 19.8. The summed E-state index contributed by atoms with van der Waals surface area (Å²) in [4.78, 5) is 43.9. The Labute approximate surface area is 303 Å². The predicted molar refractivity (Wildman–Crippen MR) is 196 cm³/mol. The molecule has 9 nitrogen and oxygen atoms in total. The van der Waals surface area contributed by atoms with E-state index in [0.29, 0.717) is 19.6 Å². The second-order valence-electron chi connectivity index (χ2n) is 15.6. The van der Waals surface area contributed by atoms with Gasteiger partial charge in [0.1, 0.15) is 11.2 Å². The van der Waals surface area contributed by atoms with Gasteiger partial charge in [-0.3, -0.25) is 14.6 Å². The molecule has 48 heavy (non-hydrogen) atoms. The Morgan fingerprint density at radius 2 is 1.15 bits per heavy atom. The van der Waals surface area contributed by atoms with Gasteiger partial charge in [0.25, 0.3) is 0 Å². The van der Waals surface area contributed by atoms with Crippen LogP contribution in [0.4, 0.5) is 9.59 Å². The van der Waals surface area contributed by atoms with Gasteiger partial charge < -0.3 is 19.7 Å². The lowest BCUT2D eigenvalue weighted by molar-refractivity contribution is -0.142. The molecule has 3 fully saturated rings.